The molecule has 0 fully saturated rings. The van der Waals surface area contributed by atoms with E-state index in [1.165, 1.54) is 12.3 Å². The van der Waals surface area contributed by atoms with Crippen LogP contribution in [0.15, 0.2) is 71.7 Å². The van der Waals surface area contributed by atoms with Crippen LogP contribution in [0.5, 0.6) is 11.5 Å². The van der Waals surface area contributed by atoms with Gasteiger partial charge >= 0.3 is 6.18 Å². The third kappa shape index (κ3) is 5.59. The van der Waals surface area contributed by atoms with Gasteiger partial charge < -0.3 is 9.72 Å². The molecule has 3 aromatic carbocycles. The smallest absolute Gasteiger partial charge is 0.417 e. The van der Waals surface area contributed by atoms with Crippen molar-refractivity contribution in [3.63, 3.8) is 0 Å². The number of benzene rings is 3. The number of aromatic nitrogens is 2. The standard InChI is InChI=1S/C24H16ClF3N2O3/c25-20-7-3-15(11-19(20)24(26,27)28)10-16(31)9-14-1-4-17(5-2-14)33-18-6-8-21-22(12-18)30-23(32)13-29-21/h1-8,11-13H,9-10H2,(H,30,32). The number of ether oxygens (including phenoxy) is 1. The summed E-state index contributed by atoms with van der Waals surface area (Å²) in [4.78, 5) is 30.5. The van der Waals surface area contributed by atoms with Gasteiger partial charge in [-0.25, -0.2) is 4.98 Å². The maximum atomic E-state index is 13.0. The van der Waals surface area contributed by atoms with E-state index in [2.05, 4.69) is 9.97 Å². The van der Waals surface area contributed by atoms with Gasteiger partial charge in [0.15, 0.2) is 0 Å². The molecule has 1 N–H and O–H groups in total. The summed E-state index contributed by atoms with van der Waals surface area (Å²) in [5.74, 6) is 0.785. The number of aromatic amines is 1. The van der Waals surface area contributed by atoms with Crippen LogP contribution in [-0.2, 0) is 23.8 Å². The number of ketones is 1. The SMILES string of the molecule is O=C(Cc1ccc(Oc2ccc3ncc(=O)[nH]c3c2)cc1)Cc1ccc(Cl)c(C(F)(F)F)c1. The van der Waals surface area contributed by atoms with E-state index in [9.17, 15) is 22.8 Å². The molecular weight excluding hydrogens is 457 g/mol. The van der Waals surface area contributed by atoms with Crippen LogP contribution in [0.2, 0.25) is 5.02 Å². The highest BCUT2D eigenvalue weighted by molar-refractivity contribution is 6.31. The number of alkyl halides is 3. The molecule has 1 aromatic heterocycles. The fraction of sp³-hybridized carbons (Fsp3) is 0.125. The summed E-state index contributed by atoms with van der Waals surface area (Å²) in [5.41, 5.74) is 0.841. The Balaban J connectivity index is 1.40. The van der Waals surface area contributed by atoms with Gasteiger partial charge in [0, 0.05) is 18.9 Å². The minimum absolute atomic E-state index is 0.0626. The summed E-state index contributed by atoms with van der Waals surface area (Å²) in [6, 6.07) is 15.3. The van der Waals surface area contributed by atoms with Crippen molar-refractivity contribution < 1.29 is 22.7 Å². The second kappa shape index (κ2) is 9.07. The van der Waals surface area contributed by atoms with Crippen molar-refractivity contribution in [3.05, 3.63) is 98.9 Å². The van der Waals surface area contributed by atoms with Crippen LogP contribution in [0.4, 0.5) is 13.2 Å². The van der Waals surface area contributed by atoms with Crippen molar-refractivity contribution in [2.75, 3.05) is 0 Å². The number of fused-ring (bicyclic) bond motifs is 1. The van der Waals surface area contributed by atoms with Crippen LogP contribution < -0.4 is 10.3 Å². The number of nitrogens with one attached hydrogen (secondary N) is 1. The number of carbonyl (C=O) groups is 1. The van der Waals surface area contributed by atoms with Gasteiger partial charge in [0.25, 0.3) is 5.56 Å². The molecule has 0 bridgehead atoms. The Morgan fingerprint density at radius 2 is 1.61 bits per heavy atom. The van der Waals surface area contributed by atoms with Gasteiger partial charge in [-0.05, 0) is 47.5 Å². The van der Waals surface area contributed by atoms with Crippen molar-refractivity contribution in [2.24, 2.45) is 0 Å². The normalized spacial score (nSPS) is 11.5. The Bertz CT molecular complexity index is 1380. The number of nitrogens with zero attached hydrogens (tertiary/aromatic N) is 1. The lowest BCUT2D eigenvalue weighted by atomic mass is 10.0. The monoisotopic (exact) mass is 472 g/mol. The molecule has 33 heavy (non-hydrogen) atoms. The summed E-state index contributed by atoms with van der Waals surface area (Å²) in [5, 5.41) is -0.400. The molecule has 9 heteroatoms. The van der Waals surface area contributed by atoms with Gasteiger partial charge in [-0.1, -0.05) is 29.8 Å². The fourth-order valence-electron chi connectivity index (χ4n) is 3.31. The van der Waals surface area contributed by atoms with E-state index in [0.717, 1.165) is 12.1 Å². The predicted octanol–water partition coefficient (Wildman–Crippen LogP) is 5.74. The van der Waals surface area contributed by atoms with Crippen molar-refractivity contribution in [1.29, 1.82) is 0 Å². The minimum Gasteiger partial charge on any atom is -0.457 e. The maximum Gasteiger partial charge on any atom is 0.417 e. The highest BCUT2D eigenvalue weighted by atomic mass is 35.5. The summed E-state index contributed by atoms with van der Waals surface area (Å²) in [7, 11) is 0. The summed E-state index contributed by atoms with van der Waals surface area (Å²) in [6.45, 7) is 0. The second-order valence-corrected chi connectivity index (χ2v) is 7.78. The first-order valence-corrected chi connectivity index (χ1v) is 10.2. The number of hydrogen-bond acceptors (Lipinski definition) is 4. The van der Waals surface area contributed by atoms with Crippen LogP contribution in [0, 0.1) is 0 Å². The first kappa shape index (κ1) is 22.5. The molecule has 0 saturated heterocycles. The molecule has 168 valence electrons. The molecule has 0 aliphatic rings. The van der Waals surface area contributed by atoms with E-state index in [0.29, 0.717) is 28.1 Å². The predicted molar refractivity (Wildman–Crippen MR) is 118 cm³/mol. The first-order chi connectivity index (χ1) is 15.7. The van der Waals surface area contributed by atoms with Gasteiger partial charge in [-0.3, -0.25) is 9.59 Å². The molecule has 0 aliphatic heterocycles. The highest BCUT2D eigenvalue weighted by Gasteiger charge is 2.33. The van der Waals surface area contributed by atoms with E-state index in [-0.39, 0.29) is 29.7 Å². The van der Waals surface area contributed by atoms with E-state index in [1.54, 1.807) is 42.5 Å². The quantitative estimate of drug-likeness (QED) is 0.388. The third-order valence-electron chi connectivity index (χ3n) is 4.84. The van der Waals surface area contributed by atoms with Crippen LogP contribution in [-0.4, -0.2) is 15.8 Å². The lowest BCUT2D eigenvalue weighted by Gasteiger charge is -2.11. The molecule has 0 spiro atoms. The van der Waals surface area contributed by atoms with E-state index in [4.69, 9.17) is 16.3 Å². The van der Waals surface area contributed by atoms with Crippen molar-refractivity contribution in [3.8, 4) is 11.5 Å². The van der Waals surface area contributed by atoms with Crippen LogP contribution in [0.1, 0.15) is 16.7 Å². The van der Waals surface area contributed by atoms with E-state index in [1.807, 2.05) is 0 Å². The molecular formula is C24H16ClF3N2O3. The molecule has 4 rings (SSSR count). The number of H-pyrrole nitrogens is 1. The average Bonchev–Trinajstić information content (AvgIpc) is 2.75. The molecule has 0 amide bonds. The average molecular weight is 473 g/mol. The number of carbonyl (C=O) groups excluding carboxylic acids is 1. The Hall–Kier alpha value is -3.65. The molecule has 4 aromatic rings. The maximum absolute atomic E-state index is 13.0. The van der Waals surface area contributed by atoms with E-state index < -0.39 is 16.8 Å². The zero-order valence-electron chi connectivity index (χ0n) is 16.9. The van der Waals surface area contributed by atoms with Crippen LogP contribution >= 0.6 is 11.6 Å². The third-order valence-corrected chi connectivity index (χ3v) is 5.17. The second-order valence-electron chi connectivity index (χ2n) is 7.38. The topological polar surface area (TPSA) is 72.0 Å². The van der Waals surface area contributed by atoms with Gasteiger partial charge in [0.2, 0.25) is 0 Å². The Labute approximate surface area is 190 Å². The molecule has 0 unspecified atom stereocenters. The molecule has 0 aliphatic carbocycles. The number of rotatable bonds is 6. The van der Waals surface area contributed by atoms with Crippen LogP contribution in [0.25, 0.3) is 11.0 Å². The zero-order chi connectivity index (χ0) is 23.6. The lowest BCUT2D eigenvalue weighted by molar-refractivity contribution is -0.137. The highest BCUT2D eigenvalue weighted by Crippen LogP contribution is 2.35. The molecule has 0 saturated carbocycles. The van der Waals surface area contributed by atoms with Gasteiger partial charge in [-0.2, -0.15) is 13.2 Å². The largest absolute Gasteiger partial charge is 0.457 e. The van der Waals surface area contributed by atoms with E-state index >= 15 is 0 Å². The van der Waals surface area contributed by atoms with Gasteiger partial charge in [0.05, 0.1) is 27.8 Å². The van der Waals surface area contributed by atoms with Gasteiger partial charge in [-0.15, -0.1) is 0 Å². The first-order valence-electron chi connectivity index (χ1n) is 9.80. The molecule has 0 atom stereocenters. The van der Waals surface area contributed by atoms with Gasteiger partial charge in [0.1, 0.15) is 17.3 Å². The summed E-state index contributed by atoms with van der Waals surface area (Å²) >= 11 is 5.62. The summed E-state index contributed by atoms with van der Waals surface area (Å²) in [6.07, 6.45) is -3.46. The molecule has 1 heterocycles. The number of Topliss-reactive ketones (excluding diaryl/α,β-unsaturated/α-hetero) is 1. The van der Waals surface area contributed by atoms with Crippen molar-refractivity contribution in [2.45, 2.75) is 19.0 Å². The minimum atomic E-state index is -4.58. The summed E-state index contributed by atoms with van der Waals surface area (Å²) < 4.78 is 44.8. The molecule has 5 nitrogen and oxygen atoms in total. The van der Waals surface area contributed by atoms with Crippen molar-refractivity contribution in [1.82, 2.24) is 9.97 Å². The fourth-order valence-corrected chi connectivity index (χ4v) is 3.54. The van der Waals surface area contributed by atoms with Crippen molar-refractivity contribution >= 4 is 28.4 Å². The lowest BCUT2D eigenvalue weighted by Crippen LogP contribution is -2.10. The molecule has 0 radical (unpaired) electrons. The van der Waals surface area contributed by atoms with Crippen LogP contribution in [0.3, 0.4) is 0 Å². The number of halogens is 4. The number of hydrogen-bond donors (Lipinski definition) is 1. The Morgan fingerprint density at radius 1 is 0.939 bits per heavy atom. The Kier molecular flexibility index (Phi) is 6.20. The Morgan fingerprint density at radius 3 is 2.33 bits per heavy atom. The zero-order valence-corrected chi connectivity index (χ0v) is 17.7.